The number of nitrogens with zero attached hydrogens (tertiary/aromatic N) is 2. The van der Waals surface area contributed by atoms with Crippen LogP contribution in [-0.4, -0.2) is 49.2 Å². The van der Waals surface area contributed by atoms with Crippen LogP contribution in [0, 0.1) is 17.7 Å². The highest BCUT2D eigenvalue weighted by Gasteiger charge is 2.45. The lowest BCUT2D eigenvalue weighted by Gasteiger charge is -2.35. The van der Waals surface area contributed by atoms with Gasteiger partial charge in [-0.2, -0.15) is 4.31 Å². The van der Waals surface area contributed by atoms with Crippen molar-refractivity contribution in [1.82, 2.24) is 9.21 Å². The van der Waals surface area contributed by atoms with E-state index in [1.807, 2.05) is 13.8 Å². The van der Waals surface area contributed by atoms with E-state index in [-0.39, 0.29) is 28.7 Å². The molecule has 138 valence electrons. The van der Waals surface area contributed by atoms with Crippen LogP contribution in [-0.2, 0) is 14.8 Å². The molecule has 0 saturated carbocycles. The maximum atomic E-state index is 14.1. The fraction of sp³-hybridized carbons (Fsp3) is 0.611. The molecule has 2 atom stereocenters. The van der Waals surface area contributed by atoms with Crippen molar-refractivity contribution >= 4 is 15.9 Å². The van der Waals surface area contributed by atoms with E-state index < -0.39 is 15.8 Å². The number of hydrogen-bond donors (Lipinski definition) is 0. The van der Waals surface area contributed by atoms with Gasteiger partial charge in [0.25, 0.3) is 0 Å². The average Bonchev–Trinajstić information content (AvgIpc) is 2.98. The van der Waals surface area contributed by atoms with E-state index >= 15 is 0 Å². The van der Waals surface area contributed by atoms with Crippen LogP contribution in [0.15, 0.2) is 29.2 Å². The summed E-state index contributed by atoms with van der Waals surface area (Å²) in [6.45, 7) is 5.37. The molecule has 2 aliphatic rings. The third-order valence-corrected chi connectivity index (χ3v) is 7.05. The van der Waals surface area contributed by atoms with Gasteiger partial charge in [-0.05, 0) is 36.8 Å². The molecule has 3 rings (SSSR count). The van der Waals surface area contributed by atoms with Crippen molar-refractivity contribution in [1.29, 1.82) is 0 Å². The fourth-order valence-electron chi connectivity index (χ4n) is 3.90. The zero-order valence-corrected chi connectivity index (χ0v) is 15.5. The zero-order valence-electron chi connectivity index (χ0n) is 14.7. The first-order valence-electron chi connectivity index (χ1n) is 8.85. The molecule has 2 heterocycles. The van der Waals surface area contributed by atoms with E-state index in [0.29, 0.717) is 26.1 Å². The Hall–Kier alpha value is -1.47. The Morgan fingerprint density at radius 3 is 2.68 bits per heavy atom. The SMILES string of the molecule is CC(C)CC(=O)N1C[C@H]2CCCN(S(=O)(=O)c3ccccc3F)[C@H]2C1. The summed E-state index contributed by atoms with van der Waals surface area (Å²) in [5, 5.41) is 0. The van der Waals surface area contributed by atoms with Crippen LogP contribution in [0.2, 0.25) is 0 Å². The first kappa shape index (κ1) is 18.3. The van der Waals surface area contributed by atoms with Gasteiger partial charge in [0.1, 0.15) is 10.7 Å². The van der Waals surface area contributed by atoms with Gasteiger partial charge in [0, 0.05) is 32.1 Å². The minimum absolute atomic E-state index is 0.0765. The first-order chi connectivity index (χ1) is 11.8. The second-order valence-corrected chi connectivity index (χ2v) is 9.27. The summed E-state index contributed by atoms with van der Waals surface area (Å²) in [7, 11) is -3.90. The van der Waals surface area contributed by atoms with Gasteiger partial charge in [-0.25, -0.2) is 12.8 Å². The Bertz CT molecular complexity index is 750. The Morgan fingerprint density at radius 2 is 2.00 bits per heavy atom. The number of rotatable bonds is 4. The van der Waals surface area contributed by atoms with Crippen molar-refractivity contribution in [3.05, 3.63) is 30.1 Å². The maximum Gasteiger partial charge on any atom is 0.246 e. The highest BCUT2D eigenvalue weighted by Crippen LogP contribution is 2.35. The van der Waals surface area contributed by atoms with Crippen molar-refractivity contribution in [2.75, 3.05) is 19.6 Å². The third-order valence-electron chi connectivity index (χ3n) is 5.09. The van der Waals surface area contributed by atoms with Gasteiger partial charge < -0.3 is 4.90 Å². The average molecular weight is 368 g/mol. The highest BCUT2D eigenvalue weighted by molar-refractivity contribution is 7.89. The molecule has 2 fully saturated rings. The van der Waals surface area contributed by atoms with Crippen LogP contribution < -0.4 is 0 Å². The number of carbonyl (C=O) groups excluding carboxylic acids is 1. The number of hydrogen-bond acceptors (Lipinski definition) is 3. The first-order valence-corrected chi connectivity index (χ1v) is 10.3. The van der Waals surface area contributed by atoms with Crippen LogP contribution in [0.4, 0.5) is 4.39 Å². The van der Waals surface area contributed by atoms with E-state index in [1.165, 1.54) is 28.6 Å². The van der Waals surface area contributed by atoms with Gasteiger partial charge in [0.15, 0.2) is 0 Å². The molecule has 1 aromatic rings. The van der Waals surface area contributed by atoms with Gasteiger partial charge in [0.2, 0.25) is 15.9 Å². The fourth-order valence-corrected chi connectivity index (χ4v) is 5.68. The van der Waals surface area contributed by atoms with Crippen LogP contribution in [0.5, 0.6) is 0 Å². The van der Waals surface area contributed by atoms with Crippen molar-refractivity contribution in [2.24, 2.45) is 11.8 Å². The van der Waals surface area contributed by atoms with E-state index in [0.717, 1.165) is 12.8 Å². The molecule has 0 bridgehead atoms. The summed E-state index contributed by atoms with van der Waals surface area (Å²) < 4.78 is 41.5. The quantitative estimate of drug-likeness (QED) is 0.820. The summed E-state index contributed by atoms with van der Waals surface area (Å²) in [6, 6.07) is 5.24. The van der Waals surface area contributed by atoms with Gasteiger partial charge in [-0.15, -0.1) is 0 Å². The number of amides is 1. The maximum absolute atomic E-state index is 14.1. The zero-order chi connectivity index (χ0) is 18.2. The van der Waals surface area contributed by atoms with Crippen molar-refractivity contribution in [2.45, 2.75) is 44.0 Å². The molecule has 7 heteroatoms. The van der Waals surface area contributed by atoms with E-state index in [9.17, 15) is 17.6 Å². The molecular weight excluding hydrogens is 343 g/mol. The van der Waals surface area contributed by atoms with Crippen molar-refractivity contribution < 1.29 is 17.6 Å². The molecule has 0 unspecified atom stereocenters. The van der Waals surface area contributed by atoms with Crippen LogP contribution >= 0.6 is 0 Å². The summed E-state index contributed by atoms with van der Waals surface area (Å²) in [5.74, 6) is -0.247. The molecule has 0 N–H and O–H groups in total. The number of carbonyl (C=O) groups is 1. The number of fused-ring (bicyclic) bond motifs is 1. The second kappa shape index (κ2) is 7.03. The van der Waals surface area contributed by atoms with Gasteiger partial charge in [-0.1, -0.05) is 26.0 Å². The molecule has 0 aromatic heterocycles. The monoisotopic (exact) mass is 368 g/mol. The van der Waals surface area contributed by atoms with Gasteiger partial charge in [0.05, 0.1) is 0 Å². The third kappa shape index (κ3) is 3.58. The van der Waals surface area contributed by atoms with E-state index in [2.05, 4.69) is 0 Å². The standard InChI is InChI=1S/C18H25FN2O3S/c1-13(2)10-18(22)20-11-14-6-5-9-21(16(14)12-20)25(23,24)17-8-4-3-7-15(17)19/h3-4,7-8,13-14,16H,5-6,9-12H2,1-2H3/t14-,16+/m1/s1. The van der Waals surface area contributed by atoms with Crippen LogP contribution in [0.3, 0.4) is 0 Å². The second-order valence-electron chi connectivity index (χ2n) is 7.41. The topological polar surface area (TPSA) is 57.7 Å². The van der Waals surface area contributed by atoms with Crippen LogP contribution in [0.1, 0.15) is 33.1 Å². The molecule has 2 saturated heterocycles. The van der Waals surface area contributed by atoms with Crippen LogP contribution in [0.25, 0.3) is 0 Å². The number of sulfonamides is 1. The van der Waals surface area contributed by atoms with Gasteiger partial charge >= 0.3 is 0 Å². The molecule has 25 heavy (non-hydrogen) atoms. The van der Waals surface area contributed by atoms with Crippen molar-refractivity contribution in [3.8, 4) is 0 Å². The Labute approximate surface area is 148 Å². The van der Waals surface area contributed by atoms with E-state index in [4.69, 9.17) is 0 Å². The lowest BCUT2D eigenvalue weighted by molar-refractivity contribution is -0.131. The Balaban J connectivity index is 1.84. The lowest BCUT2D eigenvalue weighted by Crippen LogP contribution is -2.48. The molecule has 1 amide bonds. The molecule has 2 aliphatic heterocycles. The predicted molar refractivity (Wildman–Crippen MR) is 92.8 cm³/mol. The number of halogens is 1. The summed E-state index contributed by atoms with van der Waals surface area (Å²) in [6.07, 6.45) is 2.11. The predicted octanol–water partition coefficient (Wildman–Crippen LogP) is 2.48. The molecule has 0 spiro atoms. The van der Waals surface area contributed by atoms with Crippen molar-refractivity contribution in [3.63, 3.8) is 0 Å². The number of likely N-dealkylation sites (tertiary alicyclic amines) is 1. The summed E-state index contributed by atoms with van der Waals surface area (Å²) in [4.78, 5) is 13.9. The normalized spacial score (nSPS) is 24.6. The number of benzene rings is 1. The molecule has 0 aliphatic carbocycles. The summed E-state index contributed by atoms with van der Waals surface area (Å²) >= 11 is 0. The minimum Gasteiger partial charge on any atom is -0.341 e. The molecule has 0 radical (unpaired) electrons. The smallest absolute Gasteiger partial charge is 0.246 e. The summed E-state index contributed by atoms with van der Waals surface area (Å²) in [5.41, 5.74) is 0. The molecular formula is C18H25FN2O3S. The molecule has 1 aromatic carbocycles. The largest absolute Gasteiger partial charge is 0.341 e. The van der Waals surface area contributed by atoms with Gasteiger partial charge in [-0.3, -0.25) is 4.79 Å². The highest BCUT2D eigenvalue weighted by atomic mass is 32.2. The molecule has 5 nitrogen and oxygen atoms in total. The Morgan fingerprint density at radius 1 is 1.28 bits per heavy atom. The van der Waals surface area contributed by atoms with E-state index in [1.54, 1.807) is 4.90 Å². The minimum atomic E-state index is -3.90. The lowest BCUT2D eigenvalue weighted by atomic mass is 9.94. The number of piperidine rings is 1. The Kier molecular flexibility index (Phi) is 5.16.